The summed E-state index contributed by atoms with van der Waals surface area (Å²) < 4.78 is 0. The quantitative estimate of drug-likeness (QED) is 0.633. The van der Waals surface area contributed by atoms with Gasteiger partial charge in [0.1, 0.15) is 6.33 Å². The normalized spacial score (nSPS) is 28.5. The summed E-state index contributed by atoms with van der Waals surface area (Å²) in [5.74, 6) is 2.39. The summed E-state index contributed by atoms with van der Waals surface area (Å²) in [6.07, 6.45) is 6.45. The summed E-state index contributed by atoms with van der Waals surface area (Å²) in [6.45, 7) is 0.735. The third-order valence-electron chi connectivity index (χ3n) is 4.45. The van der Waals surface area contributed by atoms with Crippen LogP contribution < -0.4 is 11.1 Å². The predicted molar refractivity (Wildman–Crippen MR) is 70.5 cm³/mol. The van der Waals surface area contributed by atoms with Crippen LogP contribution in [0, 0.1) is 27.9 Å². The van der Waals surface area contributed by atoms with Gasteiger partial charge in [-0.2, -0.15) is 0 Å². The Morgan fingerprint density at radius 3 is 2.89 bits per heavy atom. The lowest BCUT2D eigenvalue weighted by Crippen LogP contribution is -2.21. The molecule has 1 heterocycles. The van der Waals surface area contributed by atoms with E-state index in [0.29, 0.717) is 5.92 Å². The average Bonchev–Trinajstić information content (AvgIpc) is 2.97. The maximum Gasteiger partial charge on any atom is 0.352 e. The Balaban J connectivity index is 1.70. The zero-order valence-electron chi connectivity index (χ0n) is 10.6. The van der Waals surface area contributed by atoms with E-state index in [1.54, 1.807) is 0 Å². The second-order valence-corrected chi connectivity index (χ2v) is 5.53. The van der Waals surface area contributed by atoms with Gasteiger partial charge >= 0.3 is 5.69 Å². The second-order valence-electron chi connectivity index (χ2n) is 5.53. The molecule has 0 radical (unpaired) electrons. The second kappa shape index (κ2) is 4.64. The minimum absolute atomic E-state index is 0.0876. The van der Waals surface area contributed by atoms with E-state index in [-0.39, 0.29) is 17.3 Å². The van der Waals surface area contributed by atoms with Crippen molar-refractivity contribution in [2.45, 2.75) is 25.7 Å². The molecule has 2 fully saturated rings. The van der Waals surface area contributed by atoms with Crippen molar-refractivity contribution in [3.05, 3.63) is 16.4 Å². The summed E-state index contributed by atoms with van der Waals surface area (Å²) in [6, 6.07) is 0. The van der Waals surface area contributed by atoms with Gasteiger partial charge in [0.05, 0.1) is 4.92 Å². The monoisotopic (exact) mass is 263 g/mol. The highest BCUT2D eigenvalue weighted by atomic mass is 16.6. The van der Waals surface area contributed by atoms with Crippen molar-refractivity contribution in [2.24, 2.45) is 17.8 Å². The molecule has 2 saturated carbocycles. The van der Waals surface area contributed by atoms with Gasteiger partial charge in [-0.1, -0.05) is 6.42 Å². The zero-order chi connectivity index (χ0) is 13.4. The molecule has 2 bridgehead atoms. The van der Waals surface area contributed by atoms with Crippen molar-refractivity contribution in [3.63, 3.8) is 0 Å². The van der Waals surface area contributed by atoms with Gasteiger partial charge in [-0.05, 0) is 37.0 Å². The van der Waals surface area contributed by atoms with E-state index in [1.807, 2.05) is 0 Å². The Morgan fingerprint density at radius 1 is 1.42 bits per heavy atom. The van der Waals surface area contributed by atoms with Crippen LogP contribution in [0.1, 0.15) is 25.7 Å². The molecular weight excluding hydrogens is 246 g/mol. The lowest BCUT2D eigenvalue weighted by molar-refractivity contribution is -0.383. The number of aromatic nitrogens is 2. The van der Waals surface area contributed by atoms with Crippen molar-refractivity contribution >= 4 is 17.3 Å². The van der Waals surface area contributed by atoms with Gasteiger partial charge in [0, 0.05) is 6.54 Å². The number of nitrogen functional groups attached to an aromatic ring is 1. The van der Waals surface area contributed by atoms with E-state index in [0.717, 1.165) is 18.4 Å². The van der Waals surface area contributed by atoms with Crippen LogP contribution in [0.3, 0.4) is 0 Å². The van der Waals surface area contributed by atoms with Crippen molar-refractivity contribution in [1.82, 2.24) is 9.97 Å². The number of nitrogens with zero attached hydrogens (tertiary/aromatic N) is 3. The van der Waals surface area contributed by atoms with Crippen LogP contribution in [0.25, 0.3) is 0 Å². The molecule has 2 aliphatic rings. The van der Waals surface area contributed by atoms with Gasteiger partial charge < -0.3 is 11.1 Å². The van der Waals surface area contributed by atoms with Gasteiger partial charge in [-0.15, -0.1) is 0 Å². The highest BCUT2D eigenvalue weighted by Gasteiger charge is 2.39. The Kier molecular flexibility index (Phi) is 2.96. The minimum atomic E-state index is -0.529. The van der Waals surface area contributed by atoms with E-state index < -0.39 is 4.92 Å². The minimum Gasteiger partial charge on any atom is -0.378 e. The van der Waals surface area contributed by atoms with Gasteiger partial charge in [-0.3, -0.25) is 10.1 Å². The zero-order valence-corrected chi connectivity index (χ0v) is 10.6. The van der Waals surface area contributed by atoms with Crippen LogP contribution >= 0.6 is 0 Å². The number of hydrogen-bond donors (Lipinski definition) is 2. The summed E-state index contributed by atoms with van der Waals surface area (Å²) in [5.41, 5.74) is 5.32. The summed E-state index contributed by atoms with van der Waals surface area (Å²) in [7, 11) is 0. The van der Waals surface area contributed by atoms with Crippen LogP contribution in [0.4, 0.5) is 17.3 Å². The van der Waals surface area contributed by atoms with E-state index in [9.17, 15) is 10.1 Å². The molecule has 1 aromatic heterocycles. The lowest BCUT2D eigenvalue weighted by Gasteiger charge is -2.21. The van der Waals surface area contributed by atoms with Gasteiger partial charge in [-0.25, -0.2) is 9.97 Å². The van der Waals surface area contributed by atoms with Crippen molar-refractivity contribution in [3.8, 4) is 0 Å². The summed E-state index contributed by atoms with van der Waals surface area (Å²) in [5, 5.41) is 14.1. The van der Waals surface area contributed by atoms with E-state index in [2.05, 4.69) is 15.3 Å². The van der Waals surface area contributed by atoms with Crippen molar-refractivity contribution in [1.29, 1.82) is 0 Å². The molecule has 7 nitrogen and oxygen atoms in total. The molecule has 3 rings (SSSR count). The fourth-order valence-electron chi connectivity index (χ4n) is 3.56. The van der Waals surface area contributed by atoms with E-state index >= 15 is 0 Å². The Bertz CT molecular complexity index is 507. The smallest absolute Gasteiger partial charge is 0.352 e. The molecule has 3 unspecified atom stereocenters. The highest BCUT2D eigenvalue weighted by Crippen LogP contribution is 2.48. The fourth-order valence-corrected chi connectivity index (χ4v) is 3.56. The number of nitro groups is 1. The molecule has 3 N–H and O–H groups in total. The van der Waals surface area contributed by atoms with Crippen LogP contribution in [0.5, 0.6) is 0 Å². The van der Waals surface area contributed by atoms with Gasteiger partial charge in [0.15, 0.2) is 0 Å². The largest absolute Gasteiger partial charge is 0.378 e. The van der Waals surface area contributed by atoms with E-state index in [4.69, 9.17) is 5.73 Å². The number of nitrogens with one attached hydrogen (secondary N) is 1. The molecule has 0 spiro atoms. The molecule has 1 aromatic rings. The maximum absolute atomic E-state index is 11.0. The molecule has 2 aliphatic carbocycles. The predicted octanol–water partition coefficient (Wildman–Crippen LogP) is 1.82. The lowest BCUT2D eigenvalue weighted by atomic mass is 9.89. The molecule has 0 amide bonds. The van der Waals surface area contributed by atoms with Crippen LogP contribution in [-0.2, 0) is 0 Å². The standard InChI is InChI=1S/C12H17N5O2/c13-11-10(17(18)19)12(16-6-15-11)14-5-9-4-7-1-2-8(9)3-7/h6-9H,1-5H2,(H3,13,14,15,16). The first-order valence-electron chi connectivity index (χ1n) is 6.64. The number of nitrogens with two attached hydrogens (primary N) is 1. The average molecular weight is 263 g/mol. The van der Waals surface area contributed by atoms with Gasteiger partial charge in [0.25, 0.3) is 0 Å². The number of rotatable bonds is 4. The summed E-state index contributed by atoms with van der Waals surface area (Å²) in [4.78, 5) is 18.0. The molecule has 0 aliphatic heterocycles. The molecular formula is C12H17N5O2. The number of anilines is 2. The van der Waals surface area contributed by atoms with Crippen molar-refractivity contribution in [2.75, 3.05) is 17.6 Å². The van der Waals surface area contributed by atoms with Crippen LogP contribution in [0.15, 0.2) is 6.33 Å². The van der Waals surface area contributed by atoms with Crippen LogP contribution in [-0.4, -0.2) is 21.4 Å². The third-order valence-corrected chi connectivity index (χ3v) is 4.45. The summed E-state index contributed by atoms with van der Waals surface area (Å²) >= 11 is 0. The Hall–Kier alpha value is -1.92. The maximum atomic E-state index is 11.0. The molecule has 3 atom stereocenters. The van der Waals surface area contributed by atoms with Crippen LogP contribution in [0.2, 0.25) is 0 Å². The number of fused-ring (bicyclic) bond motifs is 2. The van der Waals surface area contributed by atoms with Crippen molar-refractivity contribution < 1.29 is 4.92 Å². The highest BCUT2D eigenvalue weighted by molar-refractivity contribution is 5.67. The first-order chi connectivity index (χ1) is 9.15. The fraction of sp³-hybridized carbons (Fsp3) is 0.667. The third kappa shape index (κ3) is 2.20. The SMILES string of the molecule is Nc1ncnc(NCC2CC3CCC2C3)c1[N+](=O)[O-]. The number of hydrogen-bond acceptors (Lipinski definition) is 6. The molecule has 0 aromatic carbocycles. The first-order valence-corrected chi connectivity index (χ1v) is 6.64. The topological polar surface area (TPSA) is 107 Å². The Morgan fingerprint density at radius 2 is 2.26 bits per heavy atom. The molecule has 0 saturated heterocycles. The molecule has 7 heteroatoms. The molecule has 102 valence electrons. The Labute approximate surface area is 110 Å². The van der Waals surface area contributed by atoms with E-state index in [1.165, 1.54) is 32.0 Å². The van der Waals surface area contributed by atoms with Gasteiger partial charge in [0.2, 0.25) is 11.6 Å². The first kappa shape index (κ1) is 12.1. The molecule has 19 heavy (non-hydrogen) atoms.